The van der Waals surface area contributed by atoms with Gasteiger partial charge in [0.25, 0.3) is 0 Å². The Balaban J connectivity index is 0.000000765. The zero-order chi connectivity index (χ0) is 19.4. The molecule has 0 unspecified atom stereocenters. The van der Waals surface area contributed by atoms with Gasteiger partial charge in [-0.3, -0.25) is 0 Å². The van der Waals surface area contributed by atoms with E-state index >= 15 is 0 Å². The summed E-state index contributed by atoms with van der Waals surface area (Å²) in [5.74, 6) is 1.69. The summed E-state index contributed by atoms with van der Waals surface area (Å²) in [5, 5.41) is 6.80. The Labute approximate surface area is 177 Å². The van der Waals surface area contributed by atoms with E-state index in [0.717, 1.165) is 22.9 Å². The fourth-order valence-corrected chi connectivity index (χ4v) is 2.13. The molecule has 4 nitrogen and oxygen atoms in total. The average Bonchev–Trinajstić information content (AvgIpc) is 2.58. The van der Waals surface area contributed by atoms with Crippen molar-refractivity contribution in [1.82, 2.24) is 0 Å². The van der Waals surface area contributed by atoms with E-state index in [9.17, 15) is 0 Å². The van der Waals surface area contributed by atoms with Crippen LogP contribution in [0, 0.1) is 0 Å². The van der Waals surface area contributed by atoms with Gasteiger partial charge >= 0.3 is 42.6 Å². The Morgan fingerprint density at radius 3 is 1.38 bits per heavy atom. The molecule has 2 rings (SSSR count). The molecule has 0 saturated heterocycles. The van der Waals surface area contributed by atoms with Crippen LogP contribution in [-0.2, 0) is 14.7 Å². The van der Waals surface area contributed by atoms with Crippen molar-refractivity contribution in [2.24, 2.45) is 0 Å². The Hall–Kier alpha value is -0.686. The predicted molar refractivity (Wildman–Crippen MR) is 113 cm³/mol. The number of thiocarbonyl (C=S) groups is 1. The number of benzene rings is 2. The number of anilines is 2. The second kappa shape index (κ2) is 13.5. The van der Waals surface area contributed by atoms with Crippen LogP contribution in [0.5, 0.6) is 11.5 Å². The molecule has 2 N–H and O–H groups in total. The van der Waals surface area contributed by atoms with Crippen LogP contribution in [0.2, 0.25) is 0 Å². The van der Waals surface area contributed by atoms with Gasteiger partial charge in [-0.25, -0.2) is 0 Å². The molecule has 0 fully saturated rings. The van der Waals surface area contributed by atoms with E-state index in [1.54, 1.807) is 0 Å². The molecule has 0 aliphatic heterocycles. The maximum atomic E-state index is 5.40. The Kier molecular flexibility index (Phi) is 12.1. The summed E-state index contributed by atoms with van der Waals surface area (Å²) < 4.78 is 10.8. The second-order valence-electron chi connectivity index (χ2n) is 4.71. The molecule has 0 aromatic heterocycles. The van der Waals surface area contributed by atoms with E-state index in [1.165, 1.54) is 0 Å². The van der Waals surface area contributed by atoms with Crippen LogP contribution in [0.1, 0.15) is 13.8 Å². The Morgan fingerprint density at radius 1 is 0.808 bits per heavy atom. The second-order valence-corrected chi connectivity index (χ2v) is 12.9. The molecular formula is C17H20Cl3N2O2STi. The predicted octanol–water partition coefficient (Wildman–Crippen LogP) is 6.36. The van der Waals surface area contributed by atoms with Crippen molar-refractivity contribution < 1.29 is 24.2 Å². The molecule has 0 aliphatic carbocycles. The van der Waals surface area contributed by atoms with Crippen LogP contribution >= 0.6 is 40.1 Å². The number of nitrogens with one attached hydrogen (secondary N) is 2. The van der Waals surface area contributed by atoms with Crippen molar-refractivity contribution >= 4 is 56.6 Å². The first-order valence-electron chi connectivity index (χ1n) is 7.81. The number of hydrogen-bond donors (Lipinski definition) is 2. The van der Waals surface area contributed by atoms with Crippen LogP contribution in [-0.4, -0.2) is 18.3 Å². The molecule has 0 radical (unpaired) electrons. The molecule has 26 heavy (non-hydrogen) atoms. The van der Waals surface area contributed by atoms with Crippen LogP contribution in [0.3, 0.4) is 0 Å². The Bertz CT molecular complexity index is 602. The zero-order valence-corrected chi connectivity index (χ0v) is 19.0. The molecule has 0 spiro atoms. The van der Waals surface area contributed by atoms with Gasteiger partial charge in [0, 0.05) is 11.4 Å². The minimum absolute atomic E-state index is 0.535. The standard InChI is InChI=1S/C17H20N2O2S.3ClH.Ti/c1-3-20-15-9-5-13(6-10-15)18-17(22)19-14-7-11-16(12-8-14)21-4-2;;;;/h5-12H,3-4H2,1-2H3,(H2,18,19,22);3*1H;/q;;;;+3/p-3. The van der Waals surface area contributed by atoms with Crippen LogP contribution in [0.15, 0.2) is 48.5 Å². The summed E-state index contributed by atoms with van der Waals surface area (Å²) in [6.45, 7) is 5.24. The van der Waals surface area contributed by atoms with Crippen molar-refractivity contribution in [2.75, 3.05) is 23.8 Å². The SMILES string of the molecule is CCOc1ccc(NC(=S)Nc2ccc(OCC)cc2)cc1.[Cl][Ti]([Cl])[Cl]. The molecule has 0 atom stereocenters. The summed E-state index contributed by atoms with van der Waals surface area (Å²) in [6, 6.07) is 15.3. The van der Waals surface area contributed by atoms with Crippen molar-refractivity contribution in [3.8, 4) is 11.5 Å². The van der Waals surface area contributed by atoms with Crippen LogP contribution < -0.4 is 20.1 Å². The Morgan fingerprint density at radius 2 is 1.12 bits per heavy atom. The molecule has 0 aliphatic rings. The molecule has 2 aromatic carbocycles. The van der Waals surface area contributed by atoms with Gasteiger partial charge in [-0.05, 0) is 74.6 Å². The van der Waals surface area contributed by atoms with E-state index in [2.05, 4.69) is 10.6 Å². The average molecular weight is 471 g/mol. The van der Waals surface area contributed by atoms with Crippen molar-refractivity contribution in [3.05, 3.63) is 48.5 Å². The summed E-state index contributed by atoms with van der Waals surface area (Å²) in [6.07, 6.45) is 0. The fourth-order valence-electron chi connectivity index (χ4n) is 1.90. The molecule has 9 heteroatoms. The topological polar surface area (TPSA) is 42.5 Å². The number of ether oxygens (including phenoxy) is 2. The van der Waals surface area contributed by atoms with Crippen LogP contribution in [0.4, 0.5) is 11.4 Å². The molecule has 0 saturated carbocycles. The van der Waals surface area contributed by atoms with Gasteiger partial charge in [0.2, 0.25) is 0 Å². The number of halogens is 3. The van der Waals surface area contributed by atoms with Crippen molar-refractivity contribution in [3.63, 3.8) is 0 Å². The third-order valence-corrected chi connectivity index (χ3v) is 3.05. The van der Waals surface area contributed by atoms with Gasteiger partial charge in [0.05, 0.1) is 13.2 Å². The summed E-state index contributed by atoms with van der Waals surface area (Å²) in [5.41, 5.74) is 1.82. The minimum atomic E-state index is -1.92. The third-order valence-electron chi connectivity index (χ3n) is 2.85. The van der Waals surface area contributed by atoms with Gasteiger partial charge in [-0.2, -0.15) is 0 Å². The van der Waals surface area contributed by atoms with E-state index in [-0.39, 0.29) is 0 Å². The van der Waals surface area contributed by atoms with Gasteiger partial charge in [-0.1, -0.05) is 0 Å². The van der Waals surface area contributed by atoms with Gasteiger partial charge in [0.1, 0.15) is 11.5 Å². The zero-order valence-electron chi connectivity index (χ0n) is 14.4. The molecule has 0 bridgehead atoms. The number of rotatable bonds is 6. The van der Waals surface area contributed by atoms with Crippen molar-refractivity contribution in [1.29, 1.82) is 0 Å². The summed E-state index contributed by atoms with van der Waals surface area (Å²) >= 11 is 3.38. The normalized spacial score (nSPS) is 9.42. The quantitative estimate of drug-likeness (QED) is 0.380. The van der Waals surface area contributed by atoms with Crippen molar-refractivity contribution in [2.45, 2.75) is 13.8 Å². The fraction of sp³-hybridized carbons (Fsp3) is 0.235. The first kappa shape index (κ1) is 23.4. The third kappa shape index (κ3) is 10.5. The van der Waals surface area contributed by atoms with E-state index in [4.69, 9.17) is 49.6 Å². The number of hydrogen-bond acceptors (Lipinski definition) is 3. The monoisotopic (exact) mass is 469 g/mol. The molecule has 0 amide bonds. The van der Waals surface area contributed by atoms with Gasteiger partial charge in [0.15, 0.2) is 5.11 Å². The molecular weight excluding hydrogens is 450 g/mol. The van der Waals surface area contributed by atoms with E-state index in [0.29, 0.717) is 18.3 Å². The first-order valence-corrected chi connectivity index (χ1v) is 14.7. The van der Waals surface area contributed by atoms with Gasteiger partial charge < -0.3 is 20.1 Å². The molecule has 0 heterocycles. The van der Waals surface area contributed by atoms with Gasteiger partial charge in [-0.15, -0.1) is 0 Å². The summed E-state index contributed by atoms with van der Waals surface area (Å²) in [4.78, 5) is 0. The first-order chi connectivity index (χ1) is 12.4. The van der Waals surface area contributed by atoms with E-state index < -0.39 is 14.7 Å². The molecule has 141 valence electrons. The maximum absolute atomic E-state index is 5.40. The van der Waals surface area contributed by atoms with E-state index in [1.807, 2.05) is 62.4 Å². The summed E-state index contributed by atoms with van der Waals surface area (Å²) in [7, 11) is 14.9. The van der Waals surface area contributed by atoms with Crippen LogP contribution in [0.25, 0.3) is 0 Å². The molecule has 2 aromatic rings.